The van der Waals surface area contributed by atoms with Gasteiger partial charge in [-0.25, -0.2) is 0 Å². The van der Waals surface area contributed by atoms with E-state index in [4.69, 9.17) is 13.8 Å². The monoisotopic (exact) mass is 167 g/mol. The molecule has 1 heterocycles. The van der Waals surface area contributed by atoms with Crippen molar-refractivity contribution in [3.63, 3.8) is 0 Å². The molecule has 0 amide bonds. The third kappa shape index (κ3) is 1.21. The van der Waals surface area contributed by atoms with Gasteiger partial charge >= 0.3 is 0 Å². The molecule has 62 valence electrons. The van der Waals surface area contributed by atoms with Crippen molar-refractivity contribution in [2.45, 2.75) is 6.92 Å². The second-order valence-electron chi connectivity index (χ2n) is 3.07. The number of fused-ring (bicyclic) bond motifs is 1. The second-order valence-corrected chi connectivity index (χ2v) is 3.07. The summed E-state index contributed by atoms with van der Waals surface area (Å²) in [6.45, 7) is 13.5. The Morgan fingerprint density at radius 1 is 1.31 bits per heavy atom. The highest BCUT2D eigenvalue weighted by molar-refractivity contribution is 5.84. The first-order chi connectivity index (χ1) is 6.20. The standard InChI is InChI=1S/C12H9N/c1-8-7-12-11(5-4-6-13-12)10(3)9(8)2/h1-2,4-7H,3H3. The largest absolute Gasteiger partial charge is 0.256 e. The van der Waals surface area contributed by atoms with Crippen LogP contribution in [0.15, 0.2) is 24.4 Å². The van der Waals surface area contributed by atoms with Crippen LogP contribution in [0.1, 0.15) is 16.7 Å². The molecule has 1 aromatic heterocycles. The number of hydrogen-bond acceptors (Lipinski definition) is 1. The van der Waals surface area contributed by atoms with Gasteiger partial charge in [-0.1, -0.05) is 6.07 Å². The maximum Gasteiger partial charge on any atom is 0.0707 e. The lowest BCUT2D eigenvalue weighted by molar-refractivity contribution is 1.36. The van der Waals surface area contributed by atoms with Crippen molar-refractivity contribution in [3.05, 3.63) is 54.9 Å². The number of pyridine rings is 1. The van der Waals surface area contributed by atoms with E-state index in [1.165, 1.54) is 0 Å². The van der Waals surface area contributed by atoms with Gasteiger partial charge in [0.2, 0.25) is 0 Å². The number of aryl methyl sites for hydroxylation is 1. The summed E-state index contributed by atoms with van der Waals surface area (Å²) >= 11 is 0. The predicted octanol–water partition coefficient (Wildman–Crippen LogP) is 2.66. The minimum absolute atomic E-state index is 0.601. The van der Waals surface area contributed by atoms with Crippen LogP contribution >= 0.6 is 0 Å². The highest BCUT2D eigenvalue weighted by Crippen LogP contribution is 2.22. The van der Waals surface area contributed by atoms with Gasteiger partial charge < -0.3 is 0 Å². The van der Waals surface area contributed by atoms with Crippen LogP contribution in [0.4, 0.5) is 0 Å². The average molecular weight is 167 g/mol. The van der Waals surface area contributed by atoms with Crippen molar-refractivity contribution in [2.75, 3.05) is 0 Å². The number of hydrogen-bond donors (Lipinski definition) is 0. The zero-order valence-corrected chi connectivity index (χ0v) is 7.41. The van der Waals surface area contributed by atoms with Crippen LogP contribution in [-0.4, -0.2) is 4.98 Å². The summed E-state index contributed by atoms with van der Waals surface area (Å²) in [5.74, 6) is 0. The zero-order valence-electron chi connectivity index (χ0n) is 7.41. The first-order valence-electron chi connectivity index (χ1n) is 4.09. The Labute approximate surface area is 78.4 Å². The Hall–Kier alpha value is -1.37. The van der Waals surface area contributed by atoms with E-state index in [0.29, 0.717) is 11.1 Å². The summed E-state index contributed by atoms with van der Waals surface area (Å²) in [5, 5.41) is 1.06. The number of benzene rings is 1. The van der Waals surface area contributed by atoms with Gasteiger partial charge in [0.1, 0.15) is 0 Å². The summed E-state index contributed by atoms with van der Waals surface area (Å²) in [7, 11) is 0. The summed E-state index contributed by atoms with van der Waals surface area (Å²) in [4.78, 5) is 4.21. The Bertz CT molecular complexity index is 458. The first kappa shape index (κ1) is 8.24. The molecule has 0 spiro atoms. The number of aromatic nitrogens is 1. The topological polar surface area (TPSA) is 12.9 Å². The molecule has 1 heteroatoms. The molecule has 0 bridgehead atoms. The molecule has 2 rings (SSSR count). The lowest BCUT2D eigenvalue weighted by atomic mass is 10.00. The van der Waals surface area contributed by atoms with Gasteiger partial charge in [0, 0.05) is 11.6 Å². The maximum absolute atomic E-state index is 5.80. The maximum atomic E-state index is 5.80. The molecule has 0 saturated carbocycles. The molecule has 2 aromatic rings. The fourth-order valence-electron chi connectivity index (χ4n) is 1.44. The summed E-state index contributed by atoms with van der Waals surface area (Å²) in [5.41, 5.74) is 3.15. The lowest BCUT2D eigenvalue weighted by Gasteiger charge is -2.07. The minimum atomic E-state index is 0.601. The quantitative estimate of drug-likeness (QED) is 0.587. The molecule has 1 nitrogen and oxygen atoms in total. The lowest BCUT2D eigenvalue weighted by Crippen LogP contribution is -1.89. The summed E-state index contributed by atoms with van der Waals surface area (Å²) in [6.07, 6.45) is 1.75. The predicted molar refractivity (Wildman–Crippen MR) is 53.3 cm³/mol. The van der Waals surface area contributed by atoms with Crippen LogP contribution in [0, 0.1) is 20.8 Å². The van der Waals surface area contributed by atoms with E-state index in [2.05, 4.69) is 4.98 Å². The molecule has 0 fully saturated rings. The van der Waals surface area contributed by atoms with Crippen molar-refractivity contribution < 1.29 is 0 Å². The van der Waals surface area contributed by atoms with Gasteiger partial charge in [0.15, 0.2) is 0 Å². The molecule has 0 aliphatic carbocycles. The van der Waals surface area contributed by atoms with E-state index < -0.39 is 0 Å². The van der Waals surface area contributed by atoms with Crippen LogP contribution < -0.4 is 0 Å². The van der Waals surface area contributed by atoms with Crippen LogP contribution in [-0.2, 0) is 0 Å². The Kier molecular flexibility index (Phi) is 1.80. The van der Waals surface area contributed by atoms with Gasteiger partial charge in [-0.3, -0.25) is 4.98 Å². The van der Waals surface area contributed by atoms with Gasteiger partial charge in [0.05, 0.1) is 5.52 Å². The van der Waals surface area contributed by atoms with E-state index in [1.54, 1.807) is 12.3 Å². The fourth-order valence-corrected chi connectivity index (χ4v) is 1.44. The SMILES string of the molecule is [CH]c1cc2ncccc2c(C)c1[CH]. The smallest absolute Gasteiger partial charge is 0.0707 e. The molecule has 0 saturated heterocycles. The molecule has 0 aliphatic rings. The normalized spacial score (nSPS) is 10.7. The molecule has 0 atom stereocenters. The van der Waals surface area contributed by atoms with Gasteiger partial charge in [-0.2, -0.15) is 0 Å². The molecule has 0 unspecified atom stereocenters. The highest BCUT2D eigenvalue weighted by atomic mass is 14.6. The first-order valence-corrected chi connectivity index (χ1v) is 4.09. The van der Waals surface area contributed by atoms with Gasteiger partial charge in [-0.15, -0.1) is 0 Å². The second kappa shape index (κ2) is 2.84. The van der Waals surface area contributed by atoms with Crippen LogP contribution in [0.5, 0.6) is 0 Å². The fraction of sp³-hybridized carbons (Fsp3) is 0.0833. The molecular formula is C12H9N. The van der Waals surface area contributed by atoms with Crippen LogP contribution in [0.3, 0.4) is 0 Å². The van der Waals surface area contributed by atoms with Gasteiger partial charge in [-0.05, 0) is 49.6 Å². The van der Waals surface area contributed by atoms with Crippen molar-refractivity contribution in [1.82, 2.24) is 4.98 Å². The molecular weight excluding hydrogens is 158 g/mol. The molecule has 0 aliphatic heterocycles. The Balaban J connectivity index is 2.94. The third-order valence-corrected chi connectivity index (χ3v) is 2.25. The van der Waals surface area contributed by atoms with Crippen molar-refractivity contribution >= 4 is 10.9 Å². The van der Waals surface area contributed by atoms with Crippen LogP contribution in [0.2, 0.25) is 0 Å². The third-order valence-electron chi connectivity index (χ3n) is 2.25. The molecule has 1 aromatic carbocycles. The van der Waals surface area contributed by atoms with E-state index in [9.17, 15) is 0 Å². The highest BCUT2D eigenvalue weighted by Gasteiger charge is 2.03. The van der Waals surface area contributed by atoms with E-state index in [0.717, 1.165) is 16.5 Å². The Morgan fingerprint density at radius 2 is 2.08 bits per heavy atom. The van der Waals surface area contributed by atoms with Crippen molar-refractivity contribution in [2.24, 2.45) is 0 Å². The summed E-state index contributed by atoms with van der Waals surface area (Å²) in [6, 6.07) is 5.69. The van der Waals surface area contributed by atoms with Crippen LogP contribution in [0.25, 0.3) is 10.9 Å². The van der Waals surface area contributed by atoms with E-state index in [1.807, 2.05) is 19.1 Å². The zero-order chi connectivity index (χ0) is 9.42. The summed E-state index contributed by atoms with van der Waals surface area (Å²) < 4.78 is 0. The Morgan fingerprint density at radius 3 is 2.85 bits per heavy atom. The van der Waals surface area contributed by atoms with E-state index in [-0.39, 0.29) is 0 Å². The molecule has 13 heavy (non-hydrogen) atoms. The van der Waals surface area contributed by atoms with Crippen molar-refractivity contribution in [1.29, 1.82) is 0 Å². The minimum Gasteiger partial charge on any atom is -0.256 e. The van der Waals surface area contributed by atoms with Gasteiger partial charge in [0.25, 0.3) is 0 Å². The average Bonchev–Trinajstić information content (AvgIpc) is 2.15. The molecule has 4 radical (unpaired) electrons. The van der Waals surface area contributed by atoms with Crippen molar-refractivity contribution in [3.8, 4) is 0 Å². The van der Waals surface area contributed by atoms with E-state index >= 15 is 0 Å². The number of rotatable bonds is 0. The molecule has 0 N–H and O–H groups in total. The number of nitrogens with zero attached hydrogens (tertiary/aromatic N) is 1.